The van der Waals surface area contributed by atoms with Crippen molar-refractivity contribution in [2.24, 2.45) is 0 Å². The van der Waals surface area contributed by atoms with Crippen LogP contribution < -0.4 is 0 Å². The fourth-order valence-electron chi connectivity index (χ4n) is 4.01. The fraction of sp³-hybridized carbons (Fsp3) is 0.857. The minimum atomic E-state index is 0.805. The van der Waals surface area contributed by atoms with Crippen LogP contribution in [0.5, 0.6) is 0 Å². The van der Waals surface area contributed by atoms with E-state index in [0.717, 1.165) is 12.5 Å². The van der Waals surface area contributed by atoms with E-state index in [1.807, 2.05) is 0 Å². The van der Waals surface area contributed by atoms with Crippen molar-refractivity contribution in [2.45, 2.75) is 142 Å². The van der Waals surface area contributed by atoms with E-state index in [1.54, 1.807) is 0 Å². The van der Waals surface area contributed by atoms with Crippen molar-refractivity contribution in [3.05, 3.63) is 24.3 Å². The normalized spacial score (nSPS) is 13.3. The average molecular weight is 406 g/mol. The Kier molecular flexibility index (Phi) is 23.3. The summed E-state index contributed by atoms with van der Waals surface area (Å²) in [4.78, 5) is 2.47. The van der Waals surface area contributed by atoms with E-state index in [1.165, 1.54) is 116 Å². The highest BCUT2D eigenvalue weighted by molar-refractivity contribution is 4.92. The van der Waals surface area contributed by atoms with Crippen LogP contribution in [0.1, 0.15) is 136 Å². The summed E-state index contributed by atoms with van der Waals surface area (Å²) in [5.74, 6) is 0. The zero-order chi connectivity index (χ0) is 21.4. The fourth-order valence-corrected chi connectivity index (χ4v) is 4.01. The van der Waals surface area contributed by atoms with Gasteiger partial charge in [-0.2, -0.15) is 0 Å². The van der Waals surface area contributed by atoms with Gasteiger partial charge in [-0.25, -0.2) is 0 Å². The number of rotatable bonds is 22. The molecule has 0 bridgehead atoms. The molecule has 0 spiro atoms. The first-order valence-corrected chi connectivity index (χ1v) is 13.2. The molecule has 0 aliphatic carbocycles. The van der Waals surface area contributed by atoms with Crippen molar-refractivity contribution >= 4 is 0 Å². The number of hydrogen-bond donors (Lipinski definition) is 0. The lowest BCUT2D eigenvalue weighted by atomic mass is 9.99. The molecule has 0 aliphatic rings. The summed E-state index contributed by atoms with van der Waals surface area (Å²) < 4.78 is 0. The molecule has 0 rings (SSSR count). The van der Waals surface area contributed by atoms with Gasteiger partial charge in [0, 0.05) is 6.04 Å². The highest BCUT2D eigenvalue weighted by Gasteiger charge is 2.10. The maximum Gasteiger partial charge on any atom is 0.00891 e. The third-order valence-corrected chi connectivity index (χ3v) is 6.11. The number of allylic oxidation sites excluding steroid dienone is 4. The van der Waals surface area contributed by atoms with Gasteiger partial charge in [0.1, 0.15) is 0 Å². The third-order valence-electron chi connectivity index (χ3n) is 6.11. The van der Waals surface area contributed by atoms with Gasteiger partial charge in [0.25, 0.3) is 0 Å². The predicted molar refractivity (Wildman–Crippen MR) is 135 cm³/mol. The molecule has 0 aromatic heterocycles. The van der Waals surface area contributed by atoms with Gasteiger partial charge in [-0.05, 0) is 59.0 Å². The maximum atomic E-state index is 2.47. The average Bonchev–Trinajstić information content (AvgIpc) is 2.71. The van der Waals surface area contributed by atoms with Crippen LogP contribution in [0.25, 0.3) is 0 Å². The van der Waals surface area contributed by atoms with Crippen LogP contribution in [0.2, 0.25) is 0 Å². The van der Waals surface area contributed by atoms with Crippen molar-refractivity contribution in [1.29, 1.82) is 0 Å². The molecule has 0 fully saturated rings. The van der Waals surface area contributed by atoms with Crippen LogP contribution in [0.15, 0.2) is 24.3 Å². The molecule has 29 heavy (non-hydrogen) atoms. The minimum Gasteiger partial charge on any atom is -0.306 e. The Morgan fingerprint density at radius 1 is 0.517 bits per heavy atom. The first-order chi connectivity index (χ1) is 14.2. The lowest BCUT2D eigenvalue weighted by molar-refractivity contribution is 0.251. The van der Waals surface area contributed by atoms with Crippen molar-refractivity contribution in [3.8, 4) is 0 Å². The van der Waals surface area contributed by atoms with E-state index in [2.05, 4.69) is 57.1 Å². The van der Waals surface area contributed by atoms with Crippen molar-refractivity contribution in [3.63, 3.8) is 0 Å². The molecule has 0 amide bonds. The Morgan fingerprint density at radius 3 is 1.45 bits per heavy atom. The highest BCUT2D eigenvalue weighted by Crippen LogP contribution is 2.17. The smallest absolute Gasteiger partial charge is 0.00891 e. The van der Waals surface area contributed by atoms with Crippen LogP contribution in [0.4, 0.5) is 0 Å². The zero-order valence-corrected chi connectivity index (χ0v) is 20.8. The first-order valence-electron chi connectivity index (χ1n) is 13.2. The van der Waals surface area contributed by atoms with Gasteiger partial charge < -0.3 is 4.90 Å². The summed E-state index contributed by atoms with van der Waals surface area (Å²) in [5.41, 5.74) is 0. The molecule has 0 radical (unpaired) electrons. The van der Waals surface area contributed by atoms with Gasteiger partial charge in [0.05, 0.1) is 0 Å². The SMILES string of the molecule is CCCCCC=CCC=CCCCCCCCC(CCCCCCCC)N(C)C. The summed E-state index contributed by atoms with van der Waals surface area (Å²) in [6, 6.07) is 0.805. The second kappa shape index (κ2) is 23.7. The maximum absolute atomic E-state index is 2.47. The largest absolute Gasteiger partial charge is 0.306 e. The molecule has 0 aromatic carbocycles. The van der Waals surface area contributed by atoms with Gasteiger partial charge in [-0.3, -0.25) is 0 Å². The van der Waals surface area contributed by atoms with Gasteiger partial charge in [-0.1, -0.05) is 115 Å². The molecule has 0 aliphatic heterocycles. The second-order valence-electron chi connectivity index (χ2n) is 9.19. The van der Waals surface area contributed by atoms with Crippen LogP contribution in [-0.2, 0) is 0 Å². The Morgan fingerprint density at radius 2 is 0.931 bits per heavy atom. The van der Waals surface area contributed by atoms with Crippen LogP contribution in [0, 0.1) is 0 Å². The molecule has 0 saturated carbocycles. The first kappa shape index (κ1) is 28.4. The summed E-state index contributed by atoms with van der Waals surface area (Å²) >= 11 is 0. The van der Waals surface area contributed by atoms with E-state index < -0.39 is 0 Å². The molecule has 172 valence electrons. The number of nitrogens with zero attached hydrogens (tertiary/aromatic N) is 1. The monoisotopic (exact) mass is 405 g/mol. The molecular weight excluding hydrogens is 350 g/mol. The summed E-state index contributed by atoms with van der Waals surface area (Å²) in [6.07, 6.45) is 35.4. The van der Waals surface area contributed by atoms with Gasteiger partial charge in [-0.15, -0.1) is 0 Å². The topological polar surface area (TPSA) is 3.24 Å². The van der Waals surface area contributed by atoms with Gasteiger partial charge in [0.15, 0.2) is 0 Å². The molecule has 1 unspecified atom stereocenters. The zero-order valence-electron chi connectivity index (χ0n) is 20.8. The van der Waals surface area contributed by atoms with E-state index in [-0.39, 0.29) is 0 Å². The lowest BCUT2D eigenvalue weighted by Crippen LogP contribution is -2.27. The van der Waals surface area contributed by atoms with Crippen molar-refractivity contribution in [1.82, 2.24) is 4.90 Å². The third kappa shape index (κ3) is 22.0. The molecule has 0 N–H and O–H groups in total. The Balaban J connectivity index is 3.50. The second-order valence-corrected chi connectivity index (χ2v) is 9.19. The lowest BCUT2D eigenvalue weighted by Gasteiger charge is -2.24. The Bertz CT molecular complexity index is 355. The highest BCUT2D eigenvalue weighted by atomic mass is 15.1. The summed E-state index contributed by atoms with van der Waals surface area (Å²) in [5, 5.41) is 0. The molecule has 1 atom stereocenters. The van der Waals surface area contributed by atoms with Crippen molar-refractivity contribution in [2.75, 3.05) is 14.1 Å². The van der Waals surface area contributed by atoms with Gasteiger partial charge in [0.2, 0.25) is 0 Å². The molecule has 0 heterocycles. The van der Waals surface area contributed by atoms with Crippen LogP contribution in [-0.4, -0.2) is 25.0 Å². The predicted octanol–water partition coefficient (Wildman–Crippen LogP) is 9.48. The van der Waals surface area contributed by atoms with Crippen molar-refractivity contribution < 1.29 is 0 Å². The molecule has 0 saturated heterocycles. The van der Waals surface area contributed by atoms with Crippen LogP contribution in [0.3, 0.4) is 0 Å². The quantitative estimate of drug-likeness (QED) is 0.128. The summed E-state index contributed by atoms with van der Waals surface area (Å²) in [6.45, 7) is 4.57. The molecule has 1 heteroatoms. The Labute approximate surface area is 185 Å². The van der Waals surface area contributed by atoms with E-state index in [0.29, 0.717) is 0 Å². The number of unbranched alkanes of at least 4 members (excludes halogenated alkanes) is 13. The van der Waals surface area contributed by atoms with E-state index in [9.17, 15) is 0 Å². The standard InChI is InChI=1S/C28H55N/c1-5-7-9-11-13-14-15-16-17-18-19-20-21-23-25-27-28(29(3)4)26-24-22-12-10-8-6-2/h13-14,16-17,28H,5-12,15,18-27H2,1-4H3. The van der Waals surface area contributed by atoms with E-state index >= 15 is 0 Å². The summed E-state index contributed by atoms with van der Waals surface area (Å²) in [7, 11) is 4.54. The Hall–Kier alpha value is -0.560. The molecule has 0 aromatic rings. The molecule has 1 nitrogen and oxygen atoms in total. The van der Waals surface area contributed by atoms with Crippen LogP contribution >= 0.6 is 0 Å². The molecular formula is C28H55N. The van der Waals surface area contributed by atoms with E-state index in [4.69, 9.17) is 0 Å². The minimum absolute atomic E-state index is 0.805. The van der Waals surface area contributed by atoms with Gasteiger partial charge >= 0.3 is 0 Å². The number of hydrogen-bond acceptors (Lipinski definition) is 1.